The van der Waals surface area contributed by atoms with Crippen molar-refractivity contribution in [2.24, 2.45) is 0 Å². The number of para-hydroxylation sites is 1. The molecule has 32 heavy (non-hydrogen) atoms. The van der Waals surface area contributed by atoms with Crippen LogP contribution < -0.4 is 19.5 Å². The monoisotopic (exact) mass is 474 g/mol. The molecule has 3 aromatic carbocycles. The van der Waals surface area contributed by atoms with Crippen LogP contribution >= 0.6 is 11.6 Å². The summed E-state index contributed by atoms with van der Waals surface area (Å²) in [6, 6.07) is 17.8. The second kappa shape index (κ2) is 10.4. The zero-order valence-electron chi connectivity index (χ0n) is 17.6. The van der Waals surface area contributed by atoms with Crippen LogP contribution in [0.2, 0.25) is 5.02 Å². The van der Waals surface area contributed by atoms with Crippen molar-refractivity contribution in [3.63, 3.8) is 0 Å². The predicted molar refractivity (Wildman–Crippen MR) is 124 cm³/mol. The fourth-order valence-corrected chi connectivity index (χ4v) is 4.25. The van der Waals surface area contributed by atoms with E-state index < -0.39 is 15.9 Å². The van der Waals surface area contributed by atoms with E-state index in [1.54, 1.807) is 37.4 Å². The molecule has 0 aliphatic rings. The Morgan fingerprint density at radius 3 is 2.44 bits per heavy atom. The van der Waals surface area contributed by atoms with Crippen LogP contribution in [0.25, 0.3) is 0 Å². The van der Waals surface area contributed by atoms with Gasteiger partial charge in [0.2, 0.25) is 0 Å². The van der Waals surface area contributed by atoms with E-state index in [2.05, 4.69) is 10.0 Å². The van der Waals surface area contributed by atoms with E-state index in [-0.39, 0.29) is 22.0 Å². The van der Waals surface area contributed by atoms with Gasteiger partial charge in [0.05, 0.1) is 29.2 Å². The molecule has 0 radical (unpaired) electrons. The third-order valence-corrected chi connectivity index (χ3v) is 6.25. The fourth-order valence-electron chi connectivity index (χ4n) is 2.97. The maximum Gasteiger partial charge on any atom is 0.261 e. The van der Waals surface area contributed by atoms with Crippen LogP contribution in [0.15, 0.2) is 71.6 Å². The van der Waals surface area contributed by atoms with Gasteiger partial charge in [0.25, 0.3) is 15.9 Å². The lowest BCUT2D eigenvalue weighted by molar-refractivity contribution is 0.0950. The Hall–Kier alpha value is -3.23. The summed E-state index contributed by atoms with van der Waals surface area (Å²) in [5.41, 5.74) is 1.20. The minimum atomic E-state index is -3.94. The van der Waals surface area contributed by atoms with Crippen molar-refractivity contribution >= 4 is 33.2 Å². The molecule has 0 fully saturated rings. The van der Waals surface area contributed by atoms with Crippen LogP contribution in [0.3, 0.4) is 0 Å². The quantitative estimate of drug-likeness (QED) is 0.477. The van der Waals surface area contributed by atoms with E-state index in [0.717, 1.165) is 5.56 Å². The van der Waals surface area contributed by atoms with Gasteiger partial charge in [-0.2, -0.15) is 0 Å². The topological polar surface area (TPSA) is 93.7 Å². The standard InChI is InChI=1S/C23H23ClN2O5S/c1-3-31-18-10-8-17(9-11-18)26-32(28,29)19-12-13-21(24)20(14-19)23(27)25-15-16-6-4-5-7-22(16)30-2/h4-14,26H,3,15H2,1-2H3,(H,25,27). The summed E-state index contributed by atoms with van der Waals surface area (Å²) in [6.45, 7) is 2.57. The maximum atomic E-state index is 12.8. The second-order valence-electron chi connectivity index (χ2n) is 6.70. The number of hydrogen-bond acceptors (Lipinski definition) is 5. The first-order chi connectivity index (χ1) is 15.3. The van der Waals surface area contributed by atoms with Crippen LogP contribution in [-0.4, -0.2) is 28.0 Å². The molecule has 0 unspecified atom stereocenters. The zero-order chi connectivity index (χ0) is 23.1. The number of methoxy groups -OCH3 is 1. The largest absolute Gasteiger partial charge is 0.496 e. The normalized spacial score (nSPS) is 11.0. The molecule has 1 amide bonds. The smallest absolute Gasteiger partial charge is 0.261 e. The van der Waals surface area contributed by atoms with E-state index in [1.165, 1.54) is 18.2 Å². The molecular weight excluding hydrogens is 452 g/mol. The molecule has 9 heteroatoms. The average Bonchev–Trinajstić information content (AvgIpc) is 2.79. The minimum absolute atomic E-state index is 0.0520. The lowest BCUT2D eigenvalue weighted by atomic mass is 10.1. The van der Waals surface area contributed by atoms with Gasteiger partial charge in [0.1, 0.15) is 11.5 Å². The molecule has 3 aromatic rings. The third-order valence-electron chi connectivity index (χ3n) is 4.54. The second-order valence-corrected chi connectivity index (χ2v) is 8.79. The van der Waals surface area contributed by atoms with Gasteiger partial charge < -0.3 is 14.8 Å². The highest BCUT2D eigenvalue weighted by Gasteiger charge is 2.19. The number of benzene rings is 3. The van der Waals surface area contributed by atoms with Crippen molar-refractivity contribution < 1.29 is 22.7 Å². The molecule has 0 bridgehead atoms. The highest BCUT2D eigenvalue weighted by molar-refractivity contribution is 7.92. The number of carbonyl (C=O) groups excluding carboxylic acids is 1. The number of nitrogens with one attached hydrogen (secondary N) is 2. The number of hydrogen-bond donors (Lipinski definition) is 2. The minimum Gasteiger partial charge on any atom is -0.496 e. The van der Waals surface area contributed by atoms with Gasteiger partial charge in [-0.3, -0.25) is 9.52 Å². The van der Waals surface area contributed by atoms with E-state index in [4.69, 9.17) is 21.1 Å². The SMILES string of the molecule is CCOc1ccc(NS(=O)(=O)c2ccc(Cl)c(C(=O)NCc3ccccc3OC)c2)cc1. The maximum absolute atomic E-state index is 12.8. The lowest BCUT2D eigenvalue weighted by Gasteiger charge is -2.12. The van der Waals surface area contributed by atoms with Crippen molar-refractivity contribution in [1.82, 2.24) is 5.32 Å². The van der Waals surface area contributed by atoms with Crippen molar-refractivity contribution in [2.75, 3.05) is 18.4 Å². The average molecular weight is 475 g/mol. The molecule has 0 saturated carbocycles. The first kappa shape index (κ1) is 23.4. The van der Waals surface area contributed by atoms with E-state index in [9.17, 15) is 13.2 Å². The van der Waals surface area contributed by atoms with Crippen molar-refractivity contribution in [2.45, 2.75) is 18.4 Å². The van der Waals surface area contributed by atoms with Crippen molar-refractivity contribution in [3.8, 4) is 11.5 Å². The number of halogens is 1. The lowest BCUT2D eigenvalue weighted by Crippen LogP contribution is -2.24. The molecule has 0 atom stereocenters. The number of ether oxygens (including phenoxy) is 2. The zero-order valence-corrected chi connectivity index (χ0v) is 19.2. The summed E-state index contributed by atoms with van der Waals surface area (Å²) >= 11 is 6.17. The van der Waals surface area contributed by atoms with Crippen LogP contribution in [0.1, 0.15) is 22.8 Å². The predicted octanol–water partition coefficient (Wildman–Crippen LogP) is 4.48. The highest BCUT2D eigenvalue weighted by Crippen LogP contribution is 2.24. The van der Waals surface area contributed by atoms with Crippen LogP contribution in [0, 0.1) is 0 Å². The summed E-state index contributed by atoms with van der Waals surface area (Å²) in [6.07, 6.45) is 0. The Morgan fingerprint density at radius 2 is 1.75 bits per heavy atom. The Morgan fingerprint density at radius 1 is 1.03 bits per heavy atom. The van der Waals surface area contributed by atoms with E-state index >= 15 is 0 Å². The molecule has 0 spiro atoms. The molecule has 0 aromatic heterocycles. The number of rotatable bonds is 9. The van der Waals surface area contributed by atoms with Gasteiger partial charge in [0.15, 0.2) is 0 Å². The fraction of sp³-hybridized carbons (Fsp3) is 0.174. The first-order valence-corrected chi connectivity index (χ1v) is 11.7. The number of carbonyl (C=O) groups is 1. The molecule has 2 N–H and O–H groups in total. The summed E-state index contributed by atoms with van der Waals surface area (Å²) in [7, 11) is -2.39. The Balaban J connectivity index is 1.77. The third kappa shape index (κ3) is 5.72. The highest BCUT2D eigenvalue weighted by atomic mass is 35.5. The van der Waals surface area contributed by atoms with Crippen LogP contribution in [0.5, 0.6) is 11.5 Å². The number of anilines is 1. The summed E-state index contributed by atoms with van der Waals surface area (Å²) in [4.78, 5) is 12.6. The first-order valence-electron chi connectivity index (χ1n) is 9.79. The van der Waals surface area contributed by atoms with E-state index in [0.29, 0.717) is 23.8 Å². The summed E-state index contributed by atoms with van der Waals surface area (Å²) in [5.74, 6) is 0.768. The number of sulfonamides is 1. The van der Waals surface area contributed by atoms with Gasteiger partial charge in [0, 0.05) is 17.8 Å². The van der Waals surface area contributed by atoms with Gasteiger partial charge in [-0.15, -0.1) is 0 Å². The molecular formula is C23H23ClN2O5S. The van der Waals surface area contributed by atoms with Gasteiger partial charge in [-0.25, -0.2) is 8.42 Å². The molecule has 0 aliphatic heterocycles. The Labute approximate surface area is 192 Å². The van der Waals surface area contributed by atoms with Crippen LogP contribution in [0.4, 0.5) is 5.69 Å². The molecule has 0 saturated heterocycles. The Bertz CT molecular complexity index is 1200. The Kier molecular flexibility index (Phi) is 7.61. The number of amides is 1. The van der Waals surface area contributed by atoms with Gasteiger partial charge >= 0.3 is 0 Å². The van der Waals surface area contributed by atoms with Crippen molar-refractivity contribution in [3.05, 3.63) is 82.9 Å². The summed E-state index contributed by atoms with van der Waals surface area (Å²) in [5, 5.41) is 2.89. The molecule has 168 valence electrons. The molecule has 7 nitrogen and oxygen atoms in total. The van der Waals surface area contributed by atoms with Gasteiger partial charge in [-0.05, 0) is 55.5 Å². The van der Waals surface area contributed by atoms with Crippen LogP contribution in [-0.2, 0) is 16.6 Å². The molecule has 0 aliphatic carbocycles. The molecule has 3 rings (SSSR count). The van der Waals surface area contributed by atoms with E-state index in [1.807, 2.05) is 25.1 Å². The summed E-state index contributed by atoms with van der Waals surface area (Å²) < 4.78 is 38.8. The molecule has 0 heterocycles. The van der Waals surface area contributed by atoms with Gasteiger partial charge in [-0.1, -0.05) is 29.8 Å². The van der Waals surface area contributed by atoms with Crippen molar-refractivity contribution in [1.29, 1.82) is 0 Å².